The molecule has 0 heterocycles. The van der Waals surface area contributed by atoms with Crippen LogP contribution in [-0.2, 0) is 0 Å². The van der Waals surface area contributed by atoms with E-state index in [0.717, 1.165) is 44.6 Å². The molecule has 2 amide bonds. The number of benzene rings is 5. The second-order valence-electron chi connectivity index (χ2n) is 11.8. The Balaban J connectivity index is 0.000000200. The van der Waals surface area contributed by atoms with Crippen LogP contribution in [0.25, 0.3) is 0 Å². The Morgan fingerprint density at radius 2 is 1.30 bits per heavy atom. The van der Waals surface area contributed by atoms with Gasteiger partial charge in [-0.3, -0.25) is 19.7 Å². The molecule has 5 aromatic rings. The number of halogens is 3. The third-order valence-electron chi connectivity index (χ3n) is 7.95. The molecular weight excluding hydrogens is 880 g/mol. The van der Waals surface area contributed by atoms with Crippen molar-refractivity contribution in [3.05, 3.63) is 148 Å². The van der Waals surface area contributed by atoms with Crippen molar-refractivity contribution in [1.82, 2.24) is 5.32 Å². The number of nitro groups is 1. The van der Waals surface area contributed by atoms with Gasteiger partial charge in [-0.05, 0) is 156 Å². The van der Waals surface area contributed by atoms with Crippen LogP contribution in [0.5, 0.6) is 0 Å². The number of aryl methyl sites for hydroxylation is 2. The molecule has 9 nitrogen and oxygen atoms in total. The van der Waals surface area contributed by atoms with Gasteiger partial charge < -0.3 is 20.9 Å². The van der Waals surface area contributed by atoms with Crippen molar-refractivity contribution >= 4 is 103 Å². The Morgan fingerprint density at radius 3 is 1.84 bits per heavy atom. The summed E-state index contributed by atoms with van der Waals surface area (Å²) in [6.07, 6.45) is 2.12. The SMILES string of the molecule is Cc1cc(I)ccc1Nc1ccc(Cl)cc1C(=O)NC1CC1.Cc1cc(I)ccc1Nc1ccc([N+](=O)[O-])cc1C(=O)N(C)c1ccccc1. The van der Waals surface area contributed by atoms with Crippen LogP contribution in [0.15, 0.2) is 103 Å². The number of rotatable bonds is 9. The van der Waals surface area contributed by atoms with Crippen molar-refractivity contribution < 1.29 is 14.5 Å². The summed E-state index contributed by atoms with van der Waals surface area (Å²) in [5, 5.41) is 21.4. The minimum Gasteiger partial charge on any atom is -0.355 e. The number of nitrogens with zero attached hydrogens (tertiary/aromatic N) is 2. The smallest absolute Gasteiger partial charge is 0.270 e. The normalized spacial score (nSPS) is 11.9. The Kier molecular flexibility index (Phi) is 12.4. The third-order valence-corrected chi connectivity index (χ3v) is 9.52. The van der Waals surface area contributed by atoms with Gasteiger partial charge in [-0.1, -0.05) is 29.8 Å². The van der Waals surface area contributed by atoms with Crippen LogP contribution in [0.1, 0.15) is 44.7 Å². The fourth-order valence-electron chi connectivity index (χ4n) is 5.01. The molecule has 0 aromatic heterocycles. The molecule has 5 aromatic carbocycles. The first-order chi connectivity index (χ1) is 23.9. The molecule has 3 N–H and O–H groups in total. The monoisotopic (exact) mass is 913 g/mol. The van der Waals surface area contributed by atoms with Crippen LogP contribution in [0.4, 0.5) is 34.1 Å². The summed E-state index contributed by atoms with van der Waals surface area (Å²) in [6, 6.07) is 31.2. The minimum atomic E-state index is -0.501. The lowest BCUT2D eigenvalue weighted by atomic mass is 10.1. The average molecular weight is 914 g/mol. The van der Waals surface area contributed by atoms with E-state index in [1.165, 1.54) is 20.6 Å². The van der Waals surface area contributed by atoms with Crippen LogP contribution in [0, 0.1) is 31.1 Å². The number of amides is 2. The molecule has 1 aliphatic carbocycles. The minimum absolute atomic E-state index is 0.0735. The number of para-hydroxylation sites is 1. The highest BCUT2D eigenvalue weighted by molar-refractivity contribution is 14.1. The Labute approximate surface area is 323 Å². The van der Waals surface area contributed by atoms with Gasteiger partial charge in [0.1, 0.15) is 0 Å². The largest absolute Gasteiger partial charge is 0.355 e. The zero-order valence-electron chi connectivity index (χ0n) is 27.5. The number of carbonyl (C=O) groups excluding carboxylic acids is 2. The standard InChI is InChI=1S/C21H18IN3O3.C17H16ClIN2O/c1-14-12-15(22)8-10-19(14)23-20-11-9-17(25(27)28)13-18(20)21(26)24(2)16-6-4-3-5-7-16;1-10-8-12(19)3-7-15(10)21-16-6-2-11(18)9-14(16)17(22)20-13-4-5-13/h3-13,23H,1-2H3;2-3,6-9,13,21H,4-5H2,1H3,(H,20,22). The number of hydrogen-bond acceptors (Lipinski definition) is 6. The van der Waals surface area contributed by atoms with Crippen molar-refractivity contribution in [2.45, 2.75) is 32.7 Å². The lowest BCUT2D eigenvalue weighted by Gasteiger charge is -2.20. The van der Waals surface area contributed by atoms with Gasteiger partial charge in [0.2, 0.25) is 0 Å². The van der Waals surface area contributed by atoms with Gasteiger partial charge in [0.15, 0.2) is 0 Å². The predicted molar refractivity (Wildman–Crippen MR) is 219 cm³/mol. The van der Waals surface area contributed by atoms with Crippen LogP contribution >= 0.6 is 56.8 Å². The molecule has 0 aliphatic heterocycles. The van der Waals surface area contributed by atoms with Crippen molar-refractivity contribution in [2.24, 2.45) is 0 Å². The highest BCUT2D eigenvalue weighted by atomic mass is 127. The maximum atomic E-state index is 13.1. The number of nitrogens with one attached hydrogen (secondary N) is 3. The van der Waals surface area contributed by atoms with E-state index < -0.39 is 4.92 Å². The summed E-state index contributed by atoms with van der Waals surface area (Å²) in [5.41, 5.74) is 6.65. The van der Waals surface area contributed by atoms with E-state index in [0.29, 0.717) is 28.0 Å². The lowest BCUT2D eigenvalue weighted by Crippen LogP contribution is -2.27. The van der Waals surface area contributed by atoms with Gasteiger partial charge in [-0.25, -0.2) is 0 Å². The van der Waals surface area contributed by atoms with E-state index >= 15 is 0 Å². The van der Waals surface area contributed by atoms with Crippen molar-refractivity contribution in [3.63, 3.8) is 0 Å². The summed E-state index contributed by atoms with van der Waals surface area (Å²) in [5.74, 6) is -0.406. The first-order valence-electron chi connectivity index (χ1n) is 15.7. The van der Waals surface area contributed by atoms with Crippen LogP contribution < -0.4 is 20.9 Å². The first kappa shape index (κ1) is 37.1. The lowest BCUT2D eigenvalue weighted by molar-refractivity contribution is -0.384. The summed E-state index contributed by atoms with van der Waals surface area (Å²) in [4.78, 5) is 37.7. The molecule has 0 bridgehead atoms. The molecule has 0 radical (unpaired) electrons. The maximum absolute atomic E-state index is 13.1. The zero-order chi connectivity index (χ0) is 35.9. The molecule has 50 heavy (non-hydrogen) atoms. The quantitative estimate of drug-likeness (QED) is 0.0771. The molecule has 0 unspecified atom stereocenters. The summed E-state index contributed by atoms with van der Waals surface area (Å²) in [6.45, 7) is 4.01. The second kappa shape index (κ2) is 16.7. The van der Waals surface area contributed by atoms with Crippen molar-refractivity contribution in [1.29, 1.82) is 0 Å². The number of nitro benzene ring substituents is 1. The molecule has 6 rings (SSSR count). The Morgan fingerprint density at radius 1 is 0.760 bits per heavy atom. The topological polar surface area (TPSA) is 117 Å². The Bertz CT molecular complexity index is 2060. The van der Waals surface area contributed by atoms with Gasteiger partial charge in [0, 0.05) is 54.4 Å². The number of anilines is 5. The van der Waals surface area contributed by atoms with Gasteiger partial charge in [-0.2, -0.15) is 0 Å². The van der Waals surface area contributed by atoms with Crippen LogP contribution in [-0.4, -0.2) is 29.8 Å². The molecular formula is C38H34ClI2N5O4. The molecule has 1 saturated carbocycles. The molecule has 0 saturated heterocycles. The number of carbonyl (C=O) groups is 2. The molecule has 1 aliphatic rings. The van der Waals surface area contributed by atoms with E-state index in [2.05, 4.69) is 67.2 Å². The van der Waals surface area contributed by atoms with E-state index in [-0.39, 0.29) is 23.1 Å². The summed E-state index contributed by atoms with van der Waals surface area (Å²) >= 11 is 10.6. The summed E-state index contributed by atoms with van der Waals surface area (Å²) < 4.78 is 2.29. The summed E-state index contributed by atoms with van der Waals surface area (Å²) in [7, 11) is 1.65. The van der Waals surface area contributed by atoms with Crippen LogP contribution in [0.3, 0.4) is 0 Å². The van der Waals surface area contributed by atoms with E-state index in [1.54, 1.807) is 25.2 Å². The van der Waals surface area contributed by atoms with E-state index in [1.807, 2.05) is 80.6 Å². The highest BCUT2D eigenvalue weighted by Crippen LogP contribution is 2.31. The van der Waals surface area contributed by atoms with E-state index in [9.17, 15) is 19.7 Å². The highest BCUT2D eigenvalue weighted by Gasteiger charge is 2.25. The van der Waals surface area contributed by atoms with Crippen molar-refractivity contribution in [3.8, 4) is 0 Å². The van der Waals surface area contributed by atoms with E-state index in [4.69, 9.17) is 11.6 Å². The second-order valence-corrected chi connectivity index (χ2v) is 14.7. The van der Waals surface area contributed by atoms with Gasteiger partial charge in [0.05, 0.1) is 27.4 Å². The fraction of sp³-hybridized carbons (Fsp3) is 0.158. The average Bonchev–Trinajstić information content (AvgIpc) is 3.92. The van der Waals surface area contributed by atoms with Gasteiger partial charge in [-0.15, -0.1) is 0 Å². The molecule has 1 fully saturated rings. The van der Waals surface area contributed by atoms with Gasteiger partial charge >= 0.3 is 0 Å². The molecule has 256 valence electrons. The first-order valence-corrected chi connectivity index (χ1v) is 18.2. The molecule has 0 atom stereocenters. The Hall–Kier alpha value is -4.21. The maximum Gasteiger partial charge on any atom is 0.270 e. The van der Waals surface area contributed by atoms with Crippen molar-refractivity contribution in [2.75, 3.05) is 22.6 Å². The van der Waals surface area contributed by atoms with Crippen LogP contribution in [0.2, 0.25) is 5.02 Å². The number of hydrogen-bond donors (Lipinski definition) is 3. The molecule has 0 spiro atoms. The molecule has 12 heteroatoms. The predicted octanol–water partition coefficient (Wildman–Crippen LogP) is 10.4. The zero-order valence-corrected chi connectivity index (χ0v) is 32.5. The fourth-order valence-corrected chi connectivity index (χ4v) is 6.48. The third kappa shape index (κ3) is 9.73. The van der Waals surface area contributed by atoms with Gasteiger partial charge in [0.25, 0.3) is 17.5 Å². The number of non-ortho nitro benzene ring substituents is 1.